The first-order chi connectivity index (χ1) is 11.1. The fourth-order valence-corrected chi connectivity index (χ4v) is 2.44. The monoisotopic (exact) mass is 311 g/mol. The van der Waals surface area contributed by atoms with E-state index in [9.17, 15) is 4.79 Å². The van der Waals surface area contributed by atoms with Gasteiger partial charge in [-0.1, -0.05) is 0 Å². The van der Waals surface area contributed by atoms with E-state index in [-0.39, 0.29) is 5.91 Å². The van der Waals surface area contributed by atoms with Gasteiger partial charge in [0, 0.05) is 22.2 Å². The summed E-state index contributed by atoms with van der Waals surface area (Å²) >= 11 is 0. The molecule has 6 heteroatoms. The standard InChI is InChI=1S/C17H17N3O3/c1-10-15(22-2)7-11(8-16(10)23-3)17(21)19-13-4-5-14-12(6-13)9-18-20-14/h4-9H,1-3H3,(H,18,20)(H,19,21). The van der Waals surface area contributed by atoms with Gasteiger partial charge in [0.2, 0.25) is 0 Å². The average Bonchev–Trinajstić information content (AvgIpc) is 3.02. The molecular formula is C17H17N3O3. The third-order valence-corrected chi connectivity index (χ3v) is 3.71. The zero-order chi connectivity index (χ0) is 16.4. The number of rotatable bonds is 4. The van der Waals surface area contributed by atoms with E-state index in [4.69, 9.17) is 9.47 Å². The van der Waals surface area contributed by atoms with Crippen LogP contribution in [0.15, 0.2) is 36.5 Å². The maximum Gasteiger partial charge on any atom is 0.255 e. The van der Waals surface area contributed by atoms with Crippen LogP contribution >= 0.6 is 0 Å². The molecule has 0 spiro atoms. The van der Waals surface area contributed by atoms with Crippen LogP contribution in [-0.2, 0) is 0 Å². The number of aromatic amines is 1. The molecule has 0 fully saturated rings. The van der Waals surface area contributed by atoms with Crippen molar-refractivity contribution in [3.8, 4) is 11.5 Å². The van der Waals surface area contributed by atoms with Crippen molar-refractivity contribution < 1.29 is 14.3 Å². The minimum absolute atomic E-state index is 0.232. The lowest BCUT2D eigenvalue weighted by atomic mass is 10.1. The summed E-state index contributed by atoms with van der Waals surface area (Å²) in [7, 11) is 3.13. The Hall–Kier alpha value is -3.02. The molecule has 1 heterocycles. The Morgan fingerprint density at radius 3 is 2.48 bits per heavy atom. The maximum atomic E-state index is 12.5. The highest BCUT2D eigenvalue weighted by Crippen LogP contribution is 2.30. The number of methoxy groups -OCH3 is 2. The summed E-state index contributed by atoms with van der Waals surface area (Å²) in [6, 6.07) is 8.95. The number of H-pyrrole nitrogens is 1. The first-order valence-electron chi connectivity index (χ1n) is 7.09. The third kappa shape index (κ3) is 2.83. The number of aromatic nitrogens is 2. The largest absolute Gasteiger partial charge is 0.496 e. The van der Waals surface area contributed by atoms with E-state index in [1.54, 1.807) is 32.5 Å². The minimum atomic E-state index is -0.232. The smallest absolute Gasteiger partial charge is 0.255 e. The number of nitrogens with zero attached hydrogens (tertiary/aromatic N) is 1. The Bertz CT molecular complexity index is 845. The zero-order valence-corrected chi connectivity index (χ0v) is 13.1. The summed E-state index contributed by atoms with van der Waals surface area (Å²) in [5, 5.41) is 10.6. The molecule has 0 aliphatic heterocycles. The van der Waals surface area contributed by atoms with E-state index in [2.05, 4.69) is 15.5 Å². The second-order valence-electron chi connectivity index (χ2n) is 5.13. The molecule has 2 aromatic carbocycles. The van der Waals surface area contributed by atoms with Gasteiger partial charge in [0.05, 0.1) is 25.9 Å². The number of amides is 1. The number of hydrogen-bond donors (Lipinski definition) is 2. The second kappa shape index (κ2) is 6.00. The highest BCUT2D eigenvalue weighted by Gasteiger charge is 2.14. The number of carbonyl (C=O) groups is 1. The molecule has 6 nitrogen and oxygen atoms in total. The molecule has 1 aromatic heterocycles. The van der Waals surface area contributed by atoms with E-state index in [1.807, 2.05) is 25.1 Å². The number of nitrogens with one attached hydrogen (secondary N) is 2. The van der Waals surface area contributed by atoms with Gasteiger partial charge in [-0.2, -0.15) is 5.10 Å². The molecule has 118 valence electrons. The van der Waals surface area contributed by atoms with Gasteiger partial charge in [0.15, 0.2) is 0 Å². The van der Waals surface area contributed by atoms with Gasteiger partial charge >= 0.3 is 0 Å². The second-order valence-corrected chi connectivity index (χ2v) is 5.13. The Morgan fingerprint density at radius 1 is 1.13 bits per heavy atom. The summed E-state index contributed by atoms with van der Waals surface area (Å²) in [5.74, 6) is 0.990. The molecule has 23 heavy (non-hydrogen) atoms. The van der Waals surface area contributed by atoms with Gasteiger partial charge in [-0.05, 0) is 37.3 Å². The van der Waals surface area contributed by atoms with Crippen molar-refractivity contribution in [1.82, 2.24) is 10.2 Å². The molecule has 0 saturated carbocycles. The summed E-state index contributed by atoms with van der Waals surface area (Å²) in [6.07, 6.45) is 1.71. The predicted octanol–water partition coefficient (Wildman–Crippen LogP) is 3.14. The number of carbonyl (C=O) groups excluding carboxylic acids is 1. The fourth-order valence-electron chi connectivity index (χ4n) is 2.44. The number of hydrogen-bond acceptors (Lipinski definition) is 4. The molecule has 3 aromatic rings. The van der Waals surface area contributed by atoms with Gasteiger partial charge in [-0.3, -0.25) is 9.89 Å². The molecule has 2 N–H and O–H groups in total. The third-order valence-electron chi connectivity index (χ3n) is 3.71. The normalized spacial score (nSPS) is 10.6. The van der Waals surface area contributed by atoms with Crippen molar-refractivity contribution in [2.45, 2.75) is 6.92 Å². The molecule has 0 unspecified atom stereocenters. The van der Waals surface area contributed by atoms with Gasteiger partial charge in [-0.25, -0.2) is 0 Å². The molecule has 0 radical (unpaired) electrons. The lowest BCUT2D eigenvalue weighted by molar-refractivity contribution is 0.102. The van der Waals surface area contributed by atoms with Gasteiger partial charge in [0.1, 0.15) is 11.5 Å². The SMILES string of the molecule is COc1cc(C(=O)Nc2ccc3[nH]ncc3c2)cc(OC)c1C. The highest BCUT2D eigenvalue weighted by molar-refractivity contribution is 6.05. The van der Waals surface area contributed by atoms with Crippen molar-refractivity contribution in [2.75, 3.05) is 19.5 Å². The Kier molecular flexibility index (Phi) is 3.89. The summed E-state index contributed by atoms with van der Waals surface area (Å²) in [6.45, 7) is 1.88. The van der Waals surface area contributed by atoms with Crippen LogP contribution in [0.4, 0.5) is 5.69 Å². The molecule has 3 rings (SSSR count). The average molecular weight is 311 g/mol. The molecule has 0 aliphatic carbocycles. The van der Waals surface area contributed by atoms with Crippen molar-refractivity contribution in [3.63, 3.8) is 0 Å². The Balaban J connectivity index is 1.90. The highest BCUT2D eigenvalue weighted by atomic mass is 16.5. The lowest BCUT2D eigenvalue weighted by Crippen LogP contribution is -2.12. The van der Waals surface area contributed by atoms with Crippen LogP contribution in [0.1, 0.15) is 15.9 Å². The van der Waals surface area contributed by atoms with Gasteiger partial charge < -0.3 is 14.8 Å². The first-order valence-corrected chi connectivity index (χ1v) is 7.09. The Morgan fingerprint density at radius 2 is 1.83 bits per heavy atom. The Labute approximate surface area is 133 Å². The van der Waals surface area contributed by atoms with E-state index < -0.39 is 0 Å². The van der Waals surface area contributed by atoms with Crippen molar-refractivity contribution in [1.29, 1.82) is 0 Å². The maximum absolute atomic E-state index is 12.5. The van der Waals surface area contributed by atoms with Crippen LogP contribution in [0.3, 0.4) is 0 Å². The van der Waals surface area contributed by atoms with Crippen molar-refractivity contribution in [2.24, 2.45) is 0 Å². The minimum Gasteiger partial charge on any atom is -0.496 e. The lowest BCUT2D eigenvalue weighted by Gasteiger charge is -2.12. The number of anilines is 1. The van der Waals surface area contributed by atoms with Crippen LogP contribution < -0.4 is 14.8 Å². The van der Waals surface area contributed by atoms with E-state index >= 15 is 0 Å². The summed E-state index contributed by atoms with van der Waals surface area (Å²) < 4.78 is 10.6. The molecule has 1 amide bonds. The van der Waals surface area contributed by atoms with Gasteiger partial charge in [-0.15, -0.1) is 0 Å². The molecule has 0 atom stereocenters. The van der Waals surface area contributed by atoms with Crippen molar-refractivity contribution in [3.05, 3.63) is 47.7 Å². The quantitative estimate of drug-likeness (QED) is 0.776. The van der Waals surface area contributed by atoms with E-state index in [0.717, 1.165) is 16.5 Å². The summed E-state index contributed by atoms with van der Waals surface area (Å²) in [5.41, 5.74) is 2.94. The molecule has 0 saturated heterocycles. The number of benzene rings is 2. The number of ether oxygens (including phenoxy) is 2. The number of fused-ring (bicyclic) bond motifs is 1. The topological polar surface area (TPSA) is 76.2 Å². The van der Waals surface area contributed by atoms with Crippen LogP contribution in [-0.4, -0.2) is 30.3 Å². The summed E-state index contributed by atoms with van der Waals surface area (Å²) in [4.78, 5) is 12.5. The van der Waals surface area contributed by atoms with Crippen LogP contribution in [0, 0.1) is 6.92 Å². The van der Waals surface area contributed by atoms with Gasteiger partial charge in [0.25, 0.3) is 5.91 Å². The van der Waals surface area contributed by atoms with Crippen LogP contribution in [0.2, 0.25) is 0 Å². The van der Waals surface area contributed by atoms with Crippen LogP contribution in [0.25, 0.3) is 10.9 Å². The van der Waals surface area contributed by atoms with E-state index in [1.165, 1.54) is 0 Å². The predicted molar refractivity (Wildman–Crippen MR) is 88.3 cm³/mol. The molecule has 0 aliphatic rings. The van der Waals surface area contributed by atoms with Crippen molar-refractivity contribution >= 4 is 22.5 Å². The molecule has 0 bridgehead atoms. The van der Waals surface area contributed by atoms with E-state index in [0.29, 0.717) is 22.7 Å². The first kappa shape index (κ1) is 14.9. The zero-order valence-electron chi connectivity index (χ0n) is 13.1. The molecular weight excluding hydrogens is 294 g/mol. The fraction of sp³-hybridized carbons (Fsp3) is 0.176. The van der Waals surface area contributed by atoms with Crippen LogP contribution in [0.5, 0.6) is 11.5 Å².